The number of rotatable bonds is 7. The lowest BCUT2D eigenvalue weighted by molar-refractivity contribution is -0.130. The molecule has 0 aromatic carbocycles. The van der Waals surface area contributed by atoms with E-state index in [4.69, 9.17) is 4.74 Å². The van der Waals surface area contributed by atoms with Crippen LogP contribution in [0.25, 0.3) is 0 Å². The van der Waals surface area contributed by atoms with Crippen LogP contribution in [0, 0.1) is 5.92 Å². The molecule has 1 unspecified atom stereocenters. The van der Waals surface area contributed by atoms with Gasteiger partial charge in [0.05, 0.1) is 22.3 Å². The first-order valence-electron chi connectivity index (χ1n) is 6.75. The van der Waals surface area contributed by atoms with Crippen molar-refractivity contribution in [3.8, 4) is 0 Å². The first-order valence-corrected chi connectivity index (χ1v) is 7.55. The Kier molecular flexibility index (Phi) is 6.20. The summed E-state index contributed by atoms with van der Waals surface area (Å²) in [6.45, 7) is 8.85. The van der Waals surface area contributed by atoms with Crippen molar-refractivity contribution in [2.24, 2.45) is 5.92 Å². The molecule has 5 heteroatoms. The Morgan fingerprint density at radius 3 is 2.47 bits per heavy atom. The zero-order valence-electron chi connectivity index (χ0n) is 12.4. The zero-order valence-corrected chi connectivity index (χ0v) is 14.0. The fraction of sp³-hybridized carbons (Fsp3) is 0.714. The number of halogens is 1. The SMILES string of the molecule is CCc1nn(CC)c(CC(=O)C(OC)C(C)C)c1Br. The summed E-state index contributed by atoms with van der Waals surface area (Å²) < 4.78 is 8.16. The lowest BCUT2D eigenvalue weighted by atomic mass is 9.99. The maximum atomic E-state index is 12.3. The van der Waals surface area contributed by atoms with Gasteiger partial charge in [-0.3, -0.25) is 9.48 Å². The molecule has 1 atom stereocenters. The van der Waals surface area contributed by atoms with E-state index in [0.29, 0.717) is 6.42 Å². The first kappa shape index (κ1) is 16.4. The predicted molar refractivity (Wildman–Crippen MR) is 79.3 cm³/mol. The average molecular weight is 331 g/mol. The van der Waals surface area contributed by atoms with E-state index in [2.05, 4.69) is 28.0 Å². The van der Waals surface area contributed by atoms with Crippen molar-refractivity contribution in [1.29, 1.82) is 0 Å². The standard InChI is InChI=1S/C14H23BrN2O2/c1-6-10-13(15)11(17(7-2)16-10)8-12(18)14(19-5)9(3)4/h9,14H,6-8H2,1-5H3. The molecule has 0 radical (unpaired) electrons. The van der Waals surface area contributed by atoms with Gasteiger partial charge < -0.3 is 4.74 Å². The van der Waals surface area contributed by atoms with Crippen LogP contribution < -0.4 is 0 Å². The van der Waals surface area contributed by atoms with Crippen LogP contribution >= 0.6 is 15.9 Å². The highest BCUT2D eigenvalue weighted by molar-refractivity contribution is 9.10. The fourth-order valence-corrected chi connectivity index (χ4v) is 2.93. The van der Waals surface area contributed by atoms with E-state index in [0.717, 1.165) is 28.8 Å². The van der Waals surface area contributed by atoms with Gasteiger partial charge in [0.25, 0.3) is 0 Å². The second-order valence-electron chi connectivity index (χ2n) is 4.92. The molecule has 4 nitrogen and oxygen atoms in total. The van der Waals surface area contributed by atoms with Crippen molar-refractivity contribution in [1.82, 2.24) is 9.78 Å². The molecule has 0 aliphatic heterocycles. The highest BCUT2D eigenvalue weighted by Crippen LogP contribution is 2.24. The molecule has 1 aromatic heterocycles. The molecular weight excluding hydrogens is 308 g/mol. The third-order valence-corrected chi connectivity index (χ3v) is 4.13. The van der Waals surface area contributed by atoms with Crippen molar-refractivity contribution in [3.63, 3.8) is 0 Å². The number of nitrogens with zero attached hydrogens (tertiary/aromatic N) is 2. The molecule has 0 saturated heterocycles. The number of aromatic nitrogens is 2. The van der Waals surface area contributed by atoms with Gasteiger partial charge in [-0.15, -0.1) is 0 Å². The van der Waals surface area contributed by atoms with Gasteiger partial charge in [0, 0.05) is 13.7 Å². The highest BCUT2D eigenvalue weighted by Gasteiger charge is 2.25. The Labute approximate surface area is 123 Å². The Morgan fingerprint density at radius 2 is 2.05 bits per heavy atom. The Morgan fingerprint density at radius 1 is 1.42 bits per heavy atom. The summed E-state index contributed by atoms with van der Waals surface area (Å²) >= 11 is 3.56. The normalized spacial score (nSPS) is 13.0. The Balaban J connectivity index is 2.98. The Hall–Kier alpha value is -0.680. The number of hydrogen-bond acceptors (Lipinski definition) is 3. The van der Waals surface area contributed by atoms with Crippen molar-refractivity contribution in [2.45, 2.75) is 53.2 Å². The van der Waals surface area contributed by atoms with Gasteiger partial charge in [0.2, 0.25) is 0 Å². The number of carbonyl (C=O) groups excluding carboxylic acids is 1. The van der Waals surface area contributed by atoms with Crippen LogP contribution in [0.4, 0.5) is 0 Å². The van der Waals surface area contributed by atoms with E-state index < -0.39 is 0 Å². The largest absolute Gasteiger partial charge is 0.373 e. The van der Waals surface area contributed by atoms with Gasteiger partial charge in [-0.25, -0.2) is 0 Å². The van der Waals surface area contributed by atoms with Crippen LogP contribution in [0.1, 0.15) is 39.1 Å². The van der Waals surface area contributed by atoms with Gasteiger partial charge in [-0.2, -0.15) is 5.10 Å². The van der Waals surface area contributed by atoms with Gasteiger partial charge in [0.15, 0.2) is 5.78 Å². The van der Waals surface area contributed by atoms with Crippen LogP contribution in [0.15, 0.2) is 4.47 Å². The van der Waals surface area contributed by atoms with Crippen molar-refractivity contribution < 1.29 is 9.53 Å². The molecule has 1 aromatic rings. The molecule has 0 fully saturated rings. The maximum Gasteiger partial charge on any atom is 0.167 e. The van der Waals surface area contributed by atoms with E-state index in [1.807, 2.05) is 25.5 Å². The van der Waals surface area contributed by atoms with Gasteiger partial charge in [-0.1, -0.05) is 20.8 Å². The molecule has 1 heterocycles. The first-order chi connectivity index (χ1) is 8.96. The van der Waals surface area contributed by atoms with Gasteiger partial charge >= 0.3 is 0 Å². The molecule has 0 bridgehead atoms. The molecular formula is C14H23BrN2O2. The molecule has 0 saturated carbocycles. The predicted octanol–water partition coefficient (Wildman–Crippen LogP) is 3.01. The van der Waals surface area contributed by atoms with E-state index in [1.165, 1.54) is 0 Å². The molecule has 0 aliphatic rings. The smallest absolute Gasteiger partial charge is 0.167 e. The van der Waals surface area contributed by atoms with E-state index in [1.54, 1.807) is 7.11 Å². The monoisotopic (exact) mass is 330 g/mol. The molecule has 0 spiro atoms. The summed E-state index contributed by atoms with van der Waals surface area (Å²) in [5.74, 6) is 0.287. The van der Waals surface area contributed by atoms with Gasteiger partial charge in [-0.05, 0) is 35.2 Å². The molecule has 108 valence electrons. The number of ketones is 1. The number of Topliss-reactive ketones (excluding diaryl/α,β-unsaturated/α-hetero) is 1. The molecule has 0 amide bonds. The fourth-order valence-electron chi connectivity index (χ4n) is 2.23. The third-order valence-electron chi connectivity index (χ3n) is 3.21. The number of aryl methyl sites for hydroxylation is 2. The van der Waals surface area contributed by atoms with Crippen LogP contribution in [-0.2, 0) is 28.9 Å². The van der Waals surface area contributed by atoms with Crippen LogP contribution in [0.5, 0.6) is 0 Å². The summed E-state index contributed by atoms with van der Waals surface area (Å²) in [6, 6.07) is 0. The molecule has 0 aliphatic carbocycles. The zero-order chi connectivity index (χ0) is 14.6. The number of hydrogen-bond donors (Lipinski definition) is 0. The molecule has 0 N–H and O–H groups in total. The Bertz CT molecular complexity index is 441. The minimum absolute atomic E-state index is 0.107. The summed E-state index contributed by atoms with van der Waals surface area (Å²) in [5, 5.41) is 4.51. The highest BCUT2D eigenvalue weighted by atomic mass is 79.9. The van der Waals surface area contributed by atoms with Crippen molar-refractivity contribution in [2.75, 3.05) is 7.11 Å². The quantitative estimate of drug-likeness (QED) is 0.771. The number of carbonyl (C=O) groups is 1. The van der Waals surface area contributed by atoms with Crippen LogP contribution in [0.2, 0.25) is 0 Å². The lowest BCUT2D eigenvalue weighted by Gasteiger charge is -2.18. The minimum atomic E-state index is -0.350. The van der Waals surface area contributed by atoms with Crippen molar-refractivity contribution in [3.05, 3.63) is 15.9 Å². The summed E-state index contributed by atoms with van der Waals surface area (Å²) in [6.07, 6.45) is 0.863. The summed E-state index contributed by atoms with van der Waals surface area (Å²) in [5.41, 5.74) is 1.95. The third kappa shape index (κ3) is 3.66. The summed E-state index contributed by atoms with van der Waals surface area (Å²) in [7, 11) is 1.59. The lowest BCUT2D eigenvalue weighted by Crippen LogP contribution is -2.30. The second-order valence-corrected chi connectivity index (χ2v) is 5.71. The number of ether oxygens (including phenoxy) is 1. The maximum absolute atomic E-state index is 12.3. The van der Waals surface area contributed by atoms with Crippen molar-refractivity contribution >= 4 is 21.7 Å². The average Bonchev–Trinajstić information content (AvgIpc) is 2.66. The molecule has 1 rings (SSSR count). The van der Waals surface area contributed by atoms with E-state index >= 15 is 0 Å². The molecule has 19 heavy (non-hydrogen) atoms. The minimum Gasteiger partial charge on any atom is -0.373 e. The number of methoxy groups -OCH3 is 1. The van der Waals surface area contributed by atoms with E-state index in [9.17, 15) is 4.79 Å². The van der Waals surface area contributed by atoms with E-state index in [-0.39, 0.29) is 17.8 Å². The topological polar surface area (TPSA) is 44.1 Å². The second kappa shape index (κ2) is 7.20. The summed E-state index contributed by atoms with van der Waals surface area (Å²) in [4.78, 5) is 12.3. The van der Waals surface area contributed by atoms with Gasteiger partial charge in [0.1, 0.15) is 6.10 Å². The van der Waals surface area contributed by atoms with Crippen LogP contribution in [-0.4, -0.2) is 28.8 Å². The van der Waals surface area contributed by atoms with Crippen LogP contribution in [0.3, 0.4) is 0 Å².